The van der Waals surface area contributed by atoms with E-state index in [0.29, 0.717) is 5.39 Å². The van der Waals surface area contributed by atoms with Crippen LogP contribution < -0.4 is 5.14 Å². The first kappa shape index (κ1) is 10.7. The molecule has 0 amide bonds. The SMILES string of the molecule is NS(=O)(=O)c1cc2c(c3cnccc13)CCC2. The van der Waals surface area contributed by atoms with Crippen molar-refractivity contribution in [2.45, 2.75) is 24.2 Å². The van der Waals surface area contributed by atoms with E-state index in [1.165, 1.54) is 5.56 Å². The van der Waals surface area contributed by atoms with E-state index in [-0.39, 0.29) is 4.90 Å². The fraction of sp³-hybridized carbons (Fsp3) is 0.250. The standard InChI is InChI=1S/C12H12N2O2S/c13-17(15,16)12-6-8-2-1-3-9(8)11-7-14-5-4-10(11)12/h4-7H,1-3H2,(H2,13,15,16). The third kappa shape index (κ3) is 1.62. The summed E-state index contributed by atoms with van der Waals surface area (Å²) in [6, 6.07) is 3.44. The number of aryl methyl sites for hydroxylation is 2. The van der Waals surface area contributed by atoms with Gasteiger partial charge in [-0.15, -0.1) is 0 Å². The molecule has 0 saturated heterocycles. The lowest BCUT2D eigenvalue weighted by molar-refractivity contribution is 0.598. The van der Waals surface area contributed by atoms with Crippen molar-refractivity contribution in [2.75, 3.05) is 0 Å². The number of primary sulfonamides is 1. The molecule has 1 aliphatic carbocycles. The number of nitrogens with two attached hydrogens (primary N) is 1. The van der Waals surface area contributed by atoms with Crippen LogP contribution in [-0.2, 0) is 22.9 Å². The number of fused-ring (bicyclic) bond motifs is 3. The van der Waals surface area contributed by atoms with Crippen LogP contribution in [-0.4, -0.2) is 13.4 Å². The van der Waals surface area contributed by atoms with Crippen LogP contribution in [0.2, 0.25) is 0 Å². The minimum atomic E-state index is -3.68. The highest BCUT2D eigenvalue weighted by molar-refractivity contribution is 7.89. The summed E-state index contributed by atoms with van der Waals surface area (Å²) in [7, 11) is -3.68. The largest absolute Gasteiger partial charge is 0.264 e. The second-order valence-electron chi connectivity index (χ2n) is 4.33. The zero-order chi connectivity index (χ0) is 12.0. The maximum Gasteiger partial charge on any atom is 0.238 e. The van der Waals surface area contributed by atoms with Gasteiger partial charge in [-0.25, -0.2) is 13.6 Å². The monoisotopic (exact) mass is 248 g/mol. The fourth-order valence-electron chi connectivity index (χ4n) is 2.56. The van der Waals surface area contributed by atoms with E-state index < -0.39 is 10.0 Å². The topological polar surface area (TPSA) is 73.1 Å². The average Bonchev–Trinajstić information content (AvgIpc) is 2.74. The Kier molecular flexibility index (Phi) is 2.21. The summed E-state index contributed by atoms with van der Waals surface area (Å²) in [5.41, 5.74) is 2.31. The molecule has 0 radical (unpaired) electrons. The molecule has 2 aromatic rings. The number of hydrogen-bond acceptors (Lipinski definition) is 3. The smallest absolute Gasteiger partial charge is 0.238 e. The molecule has 0 spiro atoms. The van der Waals surface area contributed by atoms with Crippen LogP contribution in [0, 0.1) is 0 Å². The summed E-state index contributed by atoms with van der Waals surface area (Å²) < 4.78 is 23.2. The van der Waals surface area contributed by atoms with Crippen molar-refractivity contribution in [1.82, 2.24) is 4.98 Å². The van der Waals surface area contributed by atoms with Crippen molar-refractivity contribution in [2.24, 2.45) is 5.14 Å². The number of benzene rings is 1. The fourth-order valence-corrected chi connectivity index (χ4v) is 3.35. The Hall–Kier alpha value is -1.46. The first-order chi connectivity index (χ1) is 8.07. The van der Waals surface area contributed by atoms with E-state index in [1.54, 1.807) is 24.5 Å². The lowest BCUT2D eigenvalue weighted by Crippen LogP contribution is -2.13. The molecule has 1 aromatic heterocycles. The van der Waals surface area contributed by atoms with Gasteiger partial charge in [-0.2, -0.15) is 0 Å². The van der Waals surface area contributed by atoms with Gasteiger partial charge >= 0.3 is 0 Å². The van der Waals surface area contributed by atoms with Gasteiger partial charge < -0.3 is 0 Å². The Balaban J connectivity index is 2.50. The van der Waals surface area contributed by atoms with Crippen LogP contribution in [0.5, 0.6) is 0 Å². The summed E-state index contributed by atoms with van der Waals surface area (Å²) in [4.78, 5) is 4.30. The van der Waals surface area contributed by atoms with Gasteiger partial charge in [-0.05, 0) is 42.5 Å². The molecule has 1 aliphatic rings. The molecule has 17 heavy (non-hydrogen) atoms. The minimum absolute atomic E-state index is 0.218. The van der Waals surface area contributed by atoms with Crippen LogP contribution >= 0.6 is 0 Å². The van der Waals surface area contributed by atoms with Gasteiger partial charge in [0.25, 0.3) is 0 Å². The lowest BCUT2D eigenvalue weighted by atomic mass is 10.0. The molecule has 0 bridgehead atoms. The second kappa shape index (κ2) is 3.51. The van der Waals surface area contributed by atoms with Gasteiger partial charge in [-0.3, -0.25) is 4.98 Å². The van der Waals surface area contributed by atoms with E-state index in [9.17, 15) is 8.42 Å². The molecule has 1 heterocycles. The Morgan fingerprint density at radius 3 is 2.82 bits per heavy atom. The van der Waals surface area contributed by atoms with Crippen molar-refractivity contribution in [3.63, 3.8) is 0 Å². The van der Waals surface area contributed by atoms with Gasteiger partial charge in [-0.1, -0.05) is 0 Å². The summed E-state index contributed by atoms with van der Waals surface area (Å²) in [6.07, 6.45) is 6.30. The number of rotatable bonds is 1. The molecule has 0 unspecified atom stereocenters. The quantitative estimate of drug-likeness (QED) is 0.828. The molecule has 0 aliphatic heterocycles. The maximum absolute atomic E-state index is 11.6. The summed E-state index contributed by atoms with van der Waals surface area (Å²) in [6.45, 7) is 0. The third-order valence-corrected chi connectivity index (χ3v) is 4.23. The predicted molar refractivity (Wildman–Crippen MR) is 65.1 cm³/mol. The molecule has 5 heteroatoms. The molecule has 88 valence electrons. The van der Waals surface area contributed by atoms with Crippen molar-refractivity contribution >= 4 is 20.8 Å². The van der Waals surface area contributed by atoms with E-state index >= 15 is 0 Å². The number of pyridine rings is 1. The highest BCUT2D eigenvalue weighted by Gasteiger charge is 2.21. The highest BCUT2D eigenvalue weighted by atomic mass is 32.2. The first-order valence-corrected chi connectivity index (χ1v) is 7.03. The van der Waals surface area contributed by atoms with Crippen molar-refractivity contribution in [3.05, 3.63) is 35.7 Å². The predicted octanol–water partition coefficient (Wildman–Crippen LogP) is 1.37. The molecular weight excluding hydrogens is 236 g/mol. The number of nitrogens with zero attached hydrogens (tertiary/aromatic N) is 1. The molecular formula is C12H12N2O2S. The van der Waals surface area contributed by atoms with Crippen LogP contribution in [0.3, 0.4) is 0 Å². The van der Waals surface area contributed by atoms with Crippen molar-refractivity contribution < 1.29 is 8.42 Å². The van der Waals surface area contributed by atoms with Crippen molar-refractivity contribution in [1.29, 1.82) is 0 Å². The second-order valence-corrected chi connectivity index (χ2v) is 5.86. The van der Waals surface area contributed by atoms with Gasteiger partial charge in [0, 0.05) is 23.2 Å². The molecule has 3 rings (SSSR count). The molecule has 4 nitrogen and oxygen atoms in total. The van der Waals surface area contributed by atoms with Crippen LogP contribution in [0.1, 0.15) is 17.5 Å². The Morgan fingerprint density at radius 1 is 1.24 bits per heavy atom. The molecule has 0 saturated carbocycles. The highest BCUT2D eigenvalue weighted by Crippen LogP contribution is 2.33. The van der Waals surface area contributed by atoms with Gasteiger partial charge in [0.15, 0.2) is 0 Å². The summed E-state index contributed by atoms with van der Waals surface area (Å²) >= 11 is 0. The van der Waals surface area contributed by atoms with Crippen molar-refractivity contribution in [3.8, 4) is 0 Å². The van der Waals surface area contributed by atoms with Gasteiger partial charge in [0.1, 0.15) is 0 Å². The van der Waals surface area contributed by atoms with E-state index in [4.69, 9.17) is 5.14 Å². The van der Waals surface area contributed by atoms with Gasteiger partial charge in [0.05, 0.1) is 4.90 Å². The number of sulfonamides is 1. The van der Waals surface area contributed by atoms with E-state index in [1.807, 2.05) is 0 Å². The summed E-state index contributed by atoms with van der Waals surface area (Å²) in [5, 5.41) is 6.87. The normalized spacial score (nSPS) is 15.1. The van der Waals surface area contributed by atoms with Gasteiger partial charge in [0.2, 0.25) is 10.0 Å². The van der Waals surface area contributed by atoms with Crippen LogP contribution in [0.25, 0.3) is 10.8 Å². The number of aromatic nitrogens is 1. The Bertz CT molecular complexity index is 708. The molecule has 2 N–H and O–H groups in total. The zero-order valence-corrected chi connectivity index (χ0v) is 10.00. The molecule has 1 aromatic carbocycles. The van der Waals surface area contributed by atoms with E-state index in [0.717, 1.165) is 30.2 Å². The zero-order valence-electron chi connectivity index (χ0n) is 9.18. The average molecular weight is 248 g/mol. The minimum Gasteiger partial charge on any atom is -0.264 e. The summed E-state index contributed by atoms with van der Waals surface area (Å²) in [5.74, 6) is 0. The van der Waals surface area contributed by atoms with E-state index in [2.05, 4.69) is 4.98 Å². The molecule has 0 fully saturated rings. The first-order valence-electron chi connectivity index (χ1n) is 5.48. The Labute approximate surface area is 99.5 Å². The lowest BCUT2D eigenvalue weighted by Gasteiger charge is -2.09. The van der Waals surface area contributed by atoms with Crippen LogP contribution in [0.4, 0.5) is 0 Å². The molecule has 0 atom stereocenters. The van der Waals surface area contributed by atoms with Crippen LogP contribution in [0.15, 0.2) is 29.4 Å². The third-order valence-electron chi connectivity index (χ3n) is 3.28. The number of hydrogen-bond donors (Lipinski definition) is 1. The Morgan fingerprint density at radius 2 is 2.06 bits per heavy atom. The maximum atomic E-state index is 11.6.